The van der Waals surface area contributed by atoms with Gasteiger partial charge in [-0.2, -0.15) is 0 Å². The largest absolute Gasteiger partial charge is 0.444 e. The summed E-state index contributed by atoms with van der Waals surface area (Å²) >= 11 is 0. The minimum absolute atomic E-state index is 0.151. The zero-order chi connectivity index (χ0) is 24.0. The number of carbonyl (C=O) groups excluding carboxylic acids is 1. The normalized spacial score (nSPS) is 12.2. The molecule has 34 heavy (non-hydrogen) atoms. The van der Waals surface area contributed by atoms with Crippen LogP contribution in [0.3, 0.4) is 0 Å². The number of carbonyl (C=O) groups is 1. The maximum atomic E-state index is 12.4. The minimum Gasteiger partial charge on any atom is -0.444 e. The molecule has 4 rings (SSSR count). The molecule has 4 aromatic heterocycles. The Morgan fingerprint density at radius 2 is 1.47 bits per heavy atom. The number of nitrogens with zero attached hydrogens (tertiary/aromatic N) is 4. The second kappa shape index (κ2) is 10.2. The van der Waals surface area contributed by atoms with Gasteiger partial charge in [0.2, 0.25) is 0 Å². The summed E-state index contributed by atoms with van der Waals surface area (Å²) in [5.41, 5.74) is 3.02. The van der Waals surface area contributed by atoms with E-state index in [0.717, 1.165) is 22.5 Å². The number of ether oxygens (including phenoxy) is 1. The lowest BCUT2D eigenvalue weighted by Gasteiger charge is -2.27. The van der Waals surface area contributed by atoms with Gasteiger partial charge in [-0.1, -0.05) is 24.3 Å². The van der Waals surface area contributed by atoms with E-state index in [9.17, 15) is 4.79 Å². The summed E-state index contributed by atoms with van der Waals surface area (Å²) in [7, 11) is 0. The molecule has 1 N–H and O–H groups in total. The van der Waals surface area contributed by atoms with E-state index >= 15 is 0 Å². The van der Waals surface area contributed by atoms with Crippen molar-refractivity contribution >= 4 is 11.9 Å². The first kappa shape index (κ1) is 23.0. The fourth-order valence-corrected chi connectivity index (χ4v) is 3.85. The molecule has 0 aliphatic heterocycles. The van der Waals surface area contributed by atoms with Crippen molar-refractivity contribution in [3.63, 3.8) is 0 Å². The molecule has 4 aromatic rings. The van der Waals surface area contributed by atoms with Gasteiger partial charge in [0, 0.05) is 36.9 Å². The van der Waals surface area contributed by atoms with Crippen LogP contribution in [0.5, 0.6) is 0 Å². The van der Waals surface area contributed by atoms with E-state index in [-0.39, 0.29) is 11.8 Å². The van der Waals surface area contributed by atoms with Gasteiger partial charge in [-0.05, 0) is 68.3 Å². The summed E-state index contributed by atoms with van der Waals surface area (Å²) in [5.74, 6) is 0.000340. The molecular weight excluding hydrogens is 426 g/mol. The van der Waals surface area contributed by atoms with Crippen LogP contribution in [0, 0.1) is 0 Å². The van der Waals surface area contributed by atoms with Crippen LogP contribution in [0.4, 0.5) is 10.6 Å². The molecule has 172 valence electrons. The molecule has 0 aliphatic rings. The summed E-state index contributed by atoms with van der Waals surface area (Å²) in [6, 6.07) is 19.3. The standard InChI is InChI=1S/C27H27N5O2/c1-27(2,3)34-26(33)32-23-13-6-12-22(31-23)25(21-11-4-5-16-30-21)24(19-9-7-14-28-17-19)20-10-8-15-29-18-20/h4-18,24-25H,1-3H3,(H,31,32,33). The smallest absolute Gasteiger partial charge is 0.413 e. The van der Waals surface area contributed by atoms with Crippen molar-refractivity contribution in [3.8, 4) is 0 Å². The van der Waals surface area contributed by atoms with Gasteiger partial charge in [0.05, 0.1) is 17.3 Å². The van der Waals surface area contributed by atoms with Crippen molar-refractivity contribution in [2.45, 2.75) is 38.2 Å². The minimum atomic E-state index is -0.607. The van der Waals surface area contributed by atoms with Crippen LogP contribution in [0.15, 0.2) is 91.6 Å². The van der Waals surface area contributed by atoms with Crippen molar-refractivity contribution in [1.82, 2.24) is 19.9 Å². The lowest BCUT2D eigenvalue weighted by atomic mass is 9.78. The van der Waals surface area contributed by atoms with E-state index < -0.39 is 11.7 Å². The molecule has 1 unspecified atom stereocenters. The summed E-state index contributed by atoms with van der Waals surface area (Å²) < 4.78 is 5.39. The molecule has 0 saturated heterocycles. The van der Waals surface area contributed by atoms with E-state index in [1.165, 1.54) is 0 Å². The van der Waals surface area contributed by atoms with E-state index in [1.54, 1.807) is 24.7 Å². The molecule has 7 nitrogen and oxygen atoms in total. The van der Waals surface area contributed by atoms with Gasteiger partial charge in [-0.25, -0.2) is 9.78 Å². The second-order valence-corrected chi connectivity index (χ2v) is 8.86. The molecular formula is C27H27N5O2. The first-order chi connectivity index (χ1) is 16.4. The van der Waals surface area contributed by atoms with Crippen LogP contribution >= 0.6 is 0 Å². The van der Waals surface area contributed by atoms with Crippen LogP contribution in [0.1, 0.15) is 55.1 Å². The number of rotatable bonds is 6. The summed E-state index contributed by atoms with van der Waals surface area (Å²) in [6.07, 6.45) is 8.44. The van der Waals surface area contributed by atoms with E-state index in [1.807, 2.05) is 87.8 Å². The zero-order valence-electron chi connectivity index (χ0n) is 19.4. The van der Waals surface area contributed by atoms with Gasteiger partial charge < -0.3 is 4.74 Å². The third-order valence-corrected chi connectivity index (χ3v) is 5.15. The van der Waals surface area contributed by atoms with Crippen molar-refractivity contribution in [2.75, 3.05) is 5.32 Å². The summed E-state index contributed by atoms with van der Waals surface area (Å²) in [6.45, 7) is 5.46. The molecule has 4 heterocycles. The Morgan fingerprint density at radius 3 is 2.03 bits per heavy atom. The first-order valence-corrected chi connectivity index (χ1v) is 11.1. The Morgan fingerprint density at radius 1 is 0.794 bits per heavy atom. The Labute approximate surface area is 199 Å². The number of pyridine rings is 4. The van der Waals surface area contributed by atoms with Gasteiger partial charge in [-0.15, -0.1) is 0 Å². The molecule has 0 aliphatic carbocycles. The fraction of sp³-hybridized carbons (Fsp3) is 0.222. The quantitative estimate of drug-likeness (QED) is 0.410. The molecule has 1 atom stereocenters. The predicted octanol–water partition coefficient (Wildman–Crippen LogP) is 5.58. The van der Waals surface area contributed by atoms with Crippen LogP contribution in [0.25, 0.3) is 0 Å². The highest BCUT2D eigenvalue weighted by molar-refractivity contribution is 5.83. The Hall–Kier alpha value is -4.13. The monoisotopic (exact) mass is 453 g/mol. The molecule has 0 aromatic carbocycles. The van der Waals surface area contributed by atoms with Crippen molar-refractivity contribution in [2.24, 2.45) is 0 Å². The topological polar surface area (TPSA) is 89.9 Å². The van der Waals surface area contributed by atoms with Gasteiger partial charge in [0.15, 0.2) is 0 Å². The summed E-state index contributed by atoms with van der Waals surface area (Å²) in [4.78, 5) is 30.5. The predicted molar refractivity (Wildman–Crippen MR) is 130 cm³/mol. The maximum Gasteiger partial charge on any atom is 0.413 e. The van der Waals surface area contributed by atoms with Crippen LogP contribution in [-0.2, 0) is 4.74 Å². The third-order valence-electron chi connectivity index (χ3n) is 5.15. The lowest BCUT2D eigenvalue weighted by molar-refractivity contribution is 0.0635. The summed E-state index contributed by atoms with van der Waals surface area (Å²) in [5, 5.41) is 2.75. The molecule has 0 saturated carbocycles. The number of anilines is 1. The molecule has 0 fully saturated rings. The van der Waals surface area contributed by atoms with Gasteiger partial charge in [0.1, 0.15) is 11.4 Å². The van der Waals surface area contributed by atoms with E-state index in [0.29, 0.717) is 5.82 Å². The van der Waals surface area contributed by atoms with E-state index in [2.05, 4.69) is 20.3 Å². The molecule has 1 amide bonds. The van der Waals surface area contributed by atoms with Crippen molar-refractivity contribution in [1.29, 1.82) is 0 Å². The third kappa shape index (κ3) is 5.81. The average Bonchev–Trinajstić information content (AvgIpc) is 2.83. The van der Waals surface area contributed by atoms with Crippen molar-refractivity contribution in [3.05, 3.63) is 114 Å². The lowest BCUT2D eigenvalue weighted by Crippen LogP contribution is -2.27. The van der Waals surface area contributed by atoms with Crippen LogP contribution in [0.2, 0.25) is 0 Å². The first-order valence-electron chi connectivity index (χ1n) is 11.1. The molecule has 0 spiro atoms. The Bertz CT molecular complexity index is 1170. The van der Waals surface area contributed by atoms with Gasteiger partial charge in [0.25, 0.3) is 0 Å². The number of hydrogen-bond acceptors (Lipinski definition) is 6. The van der Waals surface area contributed by atoms with E-state index in [4.69, 9.17) is 9.72 Å². The van der Waals surface area contributed by atoms with Crippen molar-refractivity contribution < 1.29 is 9.53 Å². The maximum absolute atomic E-state index is 12.4. The SMILES string of the molecule is CC(C)(C)OC(=O)Nc1cccc(C(c2ccccn2)C(c2cccnc2)c2cccnc2)n1. The average molecular weight is 454 g/mol. The Balaban J connectivity index is 1.80. The second-order valence-electron chi connectivity index (χ2n) is 8.86. The highest BCUT2D eigenvalue weighted by Crippen LogP contribution is 2.41. The van der Waals surface area contributed by atoms with Crippen LogP contribution < -0.4 is 5.32 Å². The number of nitrogens with one attached hydrogen (secondary N) is 1. The number of aromatic nitrogens is 4. The molecule has 7 heteroatoms. The number of amides is 1. The fourth-order valence-electron chi connectivity index (χ4n) is 3.85. The van der Waals surface area contributed by atoms with Gasteiger partial charge in [-0.3, -0.25) is 20.3 Å². The molecule has 0 bridgehead atoms. The number of hydrogen-bond donors (Lipinski definition) is 1. The van der Waals surface area contributed by atoms with Gasteiger partial charge >= 0.3 is 6.09 Å². The van der Waals surface area contributed by atoms with Crippen LogP contribution in [-0.4, -0.2) is 31.6 Å². The highest BCUT2D eigenvalue weighted by Gasteiger charge is 2.31. The Kier molecular flexibility index (Phi) is 6.92. The highest BCUT2D eigenvalue weighted by atomic mass is 16.6. The molecule has 0 radical (unpaired) electrons. The zero-order valence-corrected chi connectivity index (χ0v) is 19.4.